The highest BCUT2D eigenvalue weighted by atomic mass is 15.0. The fourth-order valence-electron chi connectivity index (χ4n) is 1.58. The van der Waals surface area contributed by atoms with Crippen molar-refractivity contribution in [3.05, 3.63) is 54.2 Å². The van der Waals surface area contributed by atoms with Crippen molar-refractivity contribution in [1.82, 2.24) is 4.98 Å². The van der Waals surface area contributed by atoms with E-state index in [0.717, 1.165) is 11.5 Å². The summed E-state index contributed by atoms with van der Waals surface area (Å²) in [5.74, 6) is 0.879. The van der Waals surface area contributed by atoms with Gasteiger partial charge in [-0.25, -0.2) is 4.98 Å². The van der Waals surface area contributed by atoms with E-state index in [1.54, 1.807) is 0 Å². The van der Waals surface area contributed by atoms with Gasteiger partial charge >= 0.3 is 0 Å². The summed E-state index contributed by atoms with van der Waals surface area (Å²) in [4.78, 5) is 4.43. The Morgan fingerprint density at radius 2 is 1.65 bits per heavy atom. The summed E-state index contributed by atoms with van der Waals surface area (Å²) in [7, 11) is 0. The summed E-state index contributed by atoms with van der Waals surface area (Å²) >= 11 is 0. The van der Waals surface area contributed by atoms with E-state index in [1.807, 2.05) is 42.6 Å². The smallest absolute Gasteiger partial charge is 0.130 e. The maximum absolute atomic E-state index is 4.43. The van der Waals surface area contributed by atoms with E-state index < -0.39 is 0 Å². The van der Waals surface area contributed by atoms with Gasteiger partial charge in [-0.05, 0) is 29.2 Å². The number of nitrogens with zero attached hydrogens (tertiary/aromatic N) is 1. The monoisotopic (exact) mass is 226 g/mol. The Hall–Kier alpha value is -1.83. The second-order valence-corrected chi connectivity index (χ2v) is 5.17. The zero-order chi connectivity index (χ0) is 12.3. The predicted octanol–water partition coefficient (Wildman–Crippen LogP) is 4.12. The summed E-state index contributed by atoms with van der Waals surface area (Å²) in [5, 5.41) is 3.27. The first kappa shape index (κ1) is 11.6. The molecule has 0 bridgehead atoms. The van der Waals surface area contributed by atoms with E-state index in [2.05, 4.69) is 37.1 Å². The molecule has 0 radical (unpaired) electrons. The standard InChI is InChI=1S/C15H18N2/c1-15(2,3)12-9-10-14(16-11-12)17-13-7-5-4-6-8-13/h4-11H,1-3H3,(H,16,17). The van der Waals surface area contributed by atoms with E-state index >= 15 is 0 Å². The van der Waals surface area contributed by atoms with Gasteiger partial charge in [0.25, 0.3) is 0 Å². The molecule has 0 amide bonds. The second kappa shape index (κ2) is 4.58. The number of hydrogen-bond donors (Lipinski definition) is 1. The molecule has 0 fully saturated rings. The molecule has 88 valence electrons. The van der Waals surface area contributed by atoms with E-state index in [-0.39, 0.29) is 5.41 Å². The summed E-state index contributed by atoms with van der Waals surface area (Å²) < 4.78 is 0. The van der Waals surface area contributed by atoms with E-state index in [1.165, 1.54) is 5.56 Å². The highest BCUT2D eigenvalue weighted by molar-refractivity contribution is 5.55. The average Bonchev–Trinajstić information content (AvgIpc) is 2.30. The van der Waals surface area contributed by atoms with Crippen molar-refractivity contribution < 1.29 is 0 Å². The van der Waals surface area contributed by atoms with Gasteiger partial charge in [0.1, 0.15) is 5.82 Å². The van der Waals surface area contributed by atoms with Gasteiger partial charge < -0.3 is 5.32 Å². The van der Waals surface area contributed by atoms with Crippen molar-refractivity contribution in [2.45, 2.75) is 26.2 Å². The lowest BCUT2D eigenvalue weighted by Crippen LogP contribution is -2.11. The number of anilines is 2. The lowest BCUT2D eigenvalue weighted by Gasteiger charge is -2.18. The van der Waals surface area contributed by atoms with E-state index in [4.69, 9.17) is 0 Å². The second-order valence-electron chi connectivity index (χ2n) is 5.17. The van der Waals surface area contributed by atoms with Crippen LogP contribution in [-0.2, 0) is 5.41 Å². The number of benzene rings is 1. The Labute approximate surface area is 103 Å². The highest BCUT2D eigenvalue weighted by Crippen LogP contribution is 2.22. The summed E-state index contributed by atoms with van der Waals surface area (Å²) in [5.41, 5.74) is 2.46. The lowest BCUT2D eigenvalue weighted by atomic mass is 9.88. The minimum atomic E-state index is 0.151. The minimum absolute atomic E-state index is 0.151. The maximum atomic E-state index is 4.43. The molecule has 0 spiro atoms. The minimum Gasteiger partial charge on any atom is -0.340 e. The molecule has 1 N–H and O–H groups in total. The van der Waals surface area contributed by atoms with Crippen LogP contribution in [0.1, 0.15) is 26.3 Å². The van der Waals surface area contributed by atoms with Crippen LogP contribution < -0.4 is 5.32 Å². The van der Waals surface area contributed by atoms with Crippen LogP contribution in [0.2, 0.25) is 0 Å². The molecular formula is C15H18N2. The summed E-state index contributed by atoms with van der Waals surface area (Å²) in [6.45, 7) is 6.57. The number of aromatic nitrogens is 1. The van der Waals surface area contributed by atoms with Crippen LogP contribution >= 0.6 is 0 Å². The molecule has 0 saturated carbocycles. The van der Waals surface area contributed by atoms with Gasteiger partial charge in [0.2, 0.25) is 0 Å². The number of hydrogen-bond acceptors (Lipinski definition) is 2. The molecule has 1 aromatic heterocycles. The molecule has 2 heteroatoms. The van der Waals surface area contributed by atoms with E-state index in [0.29, 0.717) is 0 Å². The van der Waals surface area contributed by atoms with Crippen molar-refractivity contribution in [3.8, 4) is 0 Å². The van der Waals surface area contributed by atoms with E-state index in [9.17, 15) is 0 Å². The fourth-order valence-corrected chi connectivity index (χ4v) is 1.58. The van der Waals surface area contributed by atoms with Gasteiger partial charge in [-0.15, -0.1) is 0 Å². The van der Waals surface area contributed by atoms with Crippen LogP contribution in [0.5, 0.6) is 0 Å². The van der Waals surface area contributed by atoms with Crippen LogP contribution in [0.4, 0.5) is 11.5 Å². The molecule has 0 saturated heterocycles. The van der Waals surface area contributed by atoms with Gasteiger partial charge in [0.15, 0.2) is 0 Å². The third kappa shape index (κ3) is 3.06. The Morgan fingerprint density at radius 3 is 2.18 bits per heavy atom. The molecule has 0 aliphatic rings. The zero-order valence-corrected chi connectivity index (χ0v) is 10.6. The number of nitrogens with one attached hydrogen (secondary N) is 1. The molecule has 0 unspecified atom stereocenters. The Balaban J connectivity index is 2.14. The molecule has 17 heavy (non-hydrogen) atoms. The van der Waals surface area contributed by atoms with Crippen molar-refractivity contribution >= 4 is 11.5 Å². The quantitative estimate of drug-likeness (QED) is 0.833. The third-order valence-corrected chi connectivity index (χ3v) is 2.68. The topological polar surface area (TPSA) is 24.9 Å². The first-order valence-corrected chi connectivity index (χ1v) is 5.84. The SMILES string of the molecule is CC(C)(C)c1ccc(Nc2ccccc2)nc1. The summed E-state index contributed by atoms with van der Waals surface area (Å²) in [6, 6.07) is 14.2. The van der Waals surface area contributed by atoms with Gasteiger partial charge in [0, 0.05) is 11.9 Å². The zero-order valence-electron chi connectivity index (χ0n) is 10.6. The van der Waals surface area contributed by atoms with Gasteiger partial charge in [-0.3, -0.25) is 0 Å². The van der Waals surface area contributed by atoms with Gasteiger partial charge in [-0.1, -0.05) is 45.0 Å². The van der Waals surface area contributed by atoms with Crippen molar-refractivity contribution in [2.75, 3.05) is 5.32 Å². The molecule has 2 nitrogen and oxygen atoms in total. The number of para-hydroxylation sites is 1. The Kier molecular flexibility index (Phi) is 3.14. The molecule has 2 aromatic rings. The third-order valence-electron chi connectivity index (χ3n) is 2.68. The molecule has 2 rings (SSSR count). The lowest BCUT2D eigenvalue weighted by molar-refractivity contribution is 0.587. The molecule has 0 atom stereocenters. The van der Waals surface area contributed by atoms with Crippen LogP contribution in [0.15, 0.2) is 48.7 Å². The number of pyridine rings is 1. The summed E-state index contributed by atoms with van der Waals surface area (Å²) in [6.07, 6.45) is 1.94. The van der Waals surface area contributed by atoms with Crippen molar-refractivity contribution in [1.29, 1.82) is 0 Å². The molecule has 0 aliphatic carbocycles. The van der Waals surface area contributed by atoms with Gasteiger partial charge in [-0.2, -0.15) is 0 Å². The largest absolute Gasteiger partial charge is 0.340 e. The maximum Gasteiger partial charge on any atom is 0.130 e. The molecule has 1 aromatic carbocycles. The Morgan fingerprint density at radius 1 is 0.941 bits per heavy atom. The molecular weight excluding hydrogens is 208 g/mol. The average molecular weight is 226 g/mol. The normalized spacial score (nSPS) is 11.2. The number of rotatable bonds is 2. The fraction of sp³-hybridized carbons (Fsp3) is 0.267. The highest BCUT2D eigenvalue weighted by Gasteiger charge is 2.13. The van der Waals surface area contributed by atoms with Crippen LogP contribution in [0, 0.1) is 0 Å². The van der Waals surface area contributed by atoms with Crippen LogP contribution in [0.3, 0.4) is 0 Å². The first-order valence-electron chi connectivity index (χ1n) is 5.84. The molecule has 1 heterocycles. The van der Waals surface area contributed by atoms with Gasteiger partial charge in [0.05, 0.1) is 0 Å². The van der Waals surface area contributed by atoms with Crippen LogP contribution in [0.25, 0.3) is 0 Å². The van der Waals surface area contributed by atoms with Crippen molar-refractivity contribution in [3.63, 3.8) is 0 Å². The van der Waals surface area contributed by atoms with Crippen LogP contribution in [-0.4, -0.2) is 4.98 Å². The van der Waals surface area contributed by atoms with Crippen molar-refractivity contribution in [2.24, 2.45) is 0 Å². The molecule has 0 aliphatic heterocycles. The first-order chi connectivity index (χ1) is 8.05. The Bertz CT molecular complexity index is 467. The predicted molar refractivity (Wildman–Crippen MR) is 72.7 cm³/mol.